The van der Waals surface area contributed by atoms with Crippen LogP contribution in [0, 0.1) is 6.92 Å². The molecule has 1 aliphatic rings. The quantitative estimate of drug-likeness (QED) is 0.535. The van der Waals surface area contributed by atoms with Gasteiger partial charge in [-0.3, -0.25) is 0 Å². The number of rotatable bonds is 3. The van der Waals surface area contributed by atoms with E-state index in [0.29, 0.717) is 13.2 Å². The lowest BCUT2D eigenvalue weighted by molar-refractivity contribution is 0.171. The van der Waals surface area contributed by atoms with Crippen molar-refractivity contribution in [1.82, 2.24) is 9.97 Å². The second kappa shape index (κ2) is 6.55. The first kappa shape index (κ1) is 16.1. The van der Waals surface area contributed by atoms with Crippen molar-refractivity contribution < 1.29 is 9.47 Å². The van der Waals surface area contributed by atoms with Crippen LogP contribution in [0.5, 0.6) is 11.5 Å². The highest BCUT2D eigenvalue weighted by Gasteiger charge is 2.15. The lowest BCUT2D eigenvalue weighted by Gasteiger charge is -2.19. The number of nitrogens with one attached hydrogen (secondary N) is 1. The second-order valence-electron chi connectivity index (χ2n) is 6.40. The number of nitrogens with zero attached hydrogens (tertiary/aromatic N) is 2. The molecule has 0 unspecified atom stereocenters. The number of benzene rings is 2. The summed E-state index contributed by atoms with van der Waals surface area (Å²) in [6.45, 7) is 3.24. The summed E-state index contributed by atoms with van der Waals surface area (Å²) in [7, 11) is 0. The van der Waals surface area contributed by atoms with Crippen molar-refractivity contribution in [3.05, 3.63) is 59.7 Å². The molecule has 6 heteroatoms. The Hall–Kier alpha value is -3.12. The predicted octanol–water partition coefficient (Wildman–Crippen LogP) is 5.18. The van der Waals surface area contributed by atoms with E-state index in [1.165, 1.54) is 5.56 Å². The largest absolute Gasteiger partial charge is 0.486 e. The molecule has 0 atom stereocenters. The first-order valence-corrected chi connectivity index (χ1v) is 9.62. The first-order chi connectivity index (χ1) is 13.3. The van der Waals surface area contributed by atoms with Gasteiger partial charge in [-0.1, -0.05) is 29.8 Å². The standard InChI is InChI=1S/C21H17N3O2S/c1-13-2-4-14(5-3-13)16-11-27-21-19(16)20(22-12-23-21)24-15-6-7-17-18(10-15)26-9-8-25-17/h2-7,10-12H,8-9H2,1H3,(H,22,23,24). The normalized spacial score (nSPS) is 12.9. The second-order valence-corrected chi connectivity index (χ2v) is 7.26. The Morgan fingerprint density at radius 3 is 2.63 bits per heavy atom. The van der Waals surface area contributed by atoms with Crippen LogP contribution in [-0.4, -0.2) is 23.2 Å². The summed E-state index contributed by atoms with van der Waals surface area (Å²) in [4.78, 5) is 9.90. The van der Waals surface area contributed by atoms with Crippen molar-refractivity contribution in [2.45, 2.75) is 6.92 Å². The van der Waals surface area contributed by atoms with E-state index in [9.17, 15) is 0 Å². The molecule has 2 aromatic heterocycles. The van der Waals surface area contributed by atoms with E-state index in [4.69, 9.17) is 9.47 Å². The third kappa shape index (κ3) is 2.98. The van der Waals surface area contributed by atoms with Crippen LogP contribution in [-0.2, 0) is 0 Å². The lowest BCUT2D eigenvalue weighted by atomic mass is 10.0. The van der Waals surface area contributed by atoms with Crippen LogP contribution in [0.2, 0.25) is 0 Å². The molecule has 0 bridgehead atoms. The van der Waals surface area contributed by atoms with E-state index in [0.717, 1.165) is 44.3 Å². The van der Waals surface area contributed by atoms with Gasteiger partial charge in [0, 0.05) is 22.7 Å². The number of aromatic nitrogens is 2. The van der Waals surface area contributed by atoms with E-state index >= 15 is 0 Å². The molecular formula is C21H17N3O2S. The van der Waals surface area contributed by atoms with Gasteiger partial charge in [0.25, 0.3) is 0 Å². The zero-order valence-electron chi connectivity index (χ0n) is 14.7. The topological polar surface area (TPSA) is 56.3 Å². The monoisotopic (exact) mass is 375 g/mol. The molecule has 5 rings (SSSR count). The Kier molecular flexibility index (Phi) is 3.90. The van der Waals surface area contributed by atoms with Crippen molar-refractivity contribution in [2.75, 3.05) is 18.5 Å². The molecular weight excluding hydrogens is 358 g/mol. The molecule has 0 amide bonds. The SMILES string of the molecule is Cc1ccc(-c2csc3ncnc(Nc4ccc5c(c4)OCCO5)c23)cc1. The maximum absolute atomic E-state index is 5.68. The minimum atomic E-state index is 0.566. The van der Waals surface area contributed by atoms with Crippen LogP contribution in [0.15, 0.2) is 54.2 Å². The van der Waals surface area contributed by atoms with Crippen molar-refractivity contribution in [2.24, 2.45) is 0 Å². The number of hydrogen-bond donors (Lipinski definition) is 1. The maximum atomic E-state index is 5.68. The molecule has 1 N–H and O–H groups in total. The summed E-state index contributed by atoms with van der Waals surface area (Å²) >= 11 is 1.62. The van der Waals surface area contributed by atoms with Crippen LogP contribution in [0.1, 0.15) is 5.56 Å². The highest BCUT2D eigenvalue weighted by Crippen LogP contribution is 2.39. The fourth-order valence-electron chi connectivity index (χ4n) is 3.17. The molecule has 5 nitrogen and oxygen atoms in total. The molecule has 134 valence electrons. The molecule has 3 heterocycles. The van der Waals surface area contributed by atoms with Gasteiger partial charge in [0.2, 0.25) is 0 Å². The highest BCUT2D eigenvalue weighted by atomic mass is 32.1. The number of thiophene rings is 1. The summed E-state index contributed by atoms with van der Waals surface area (Å²) in [6, 6.07) is 14.4. The molecule has 0 spiro atoms. The van der Waals surface area contributed by atoms with Crippen LogP contribution in [0.3, 0.4) is 0 Å². The third-order valence-corrected chi connectivity index (χ3v) is 5.42. The molecule has 4 aromatic rings. The third-order valence-electron chi connectivity index (χ3n) is 4.54. The smallest absolute Gasteiger partial charge is 0.163 e. The molecule has 27 heavy (non-hydrogen) atoms. The van der Waals surface area contributed by atoms with Crippen LogP contribution < -0.4 is 14.8 Å². The summed E-state index contributed by atoms with van der Waals surface area (Å²) in [5.74, 6) is 2.31. The van der Waals surface area contributed by atoms with E-state index < -0.39 is 0 Å². The van der Waals surface area contributed by atoms with Crippen LogP contribution >= 0.6 is 11.3 Å². The van der Waals surface area contributed by atoms with Gasteiger partial charge in [0.05, 0.1) is 5.39 Å². The zero-order valence-corrected chi connectivity index (χ0v) is 15.5. The number of fused-ring (bicyclic) bond motifs is 2. The Morgan fingerprint density at radius 2 is 1.78 bits per heavy atom. The Balaban J connectivity index is 1.57. The van der Waals surface area contributed by atoms with Gasteiger partial charge >= 0.3 is 0 Å². The van der Waals surface area contributed by atoms with Gasteiger partial charge in [0.1, 0.15) is 30.2 Å². The number of aryl methyl sites for hydroxylation is 1. The molecule has 0 aliphatic carbocycles. The van der Waals surface area contributed by atoms with Crippen LogP contribution in [0.4, 0.5) is 11.5 Å². The highest BCUT2D eigenvalue weighted by molar-refractivity contribution is 7.17. The van der Waals surface area contributed by atoms with Crippen molar-refractivity contribution in [1.29, 1.82) is 0 Å². The number of hydrogen-bond acceptors (Lipinski definition) is 6. The van der Waals surface area contributed by atoms with Gasteiger partial charge in [-0.25, -0.2) is 9.97 Å². The number of anilines is 2. The minimum absolute atomic E-state index is 0.566. The fraction of sp³-hybridized carbons (Fsp3) is 0.143. The van der Waals surface area contributed by atoms with Crippen molar-refractivity contribution in [3.63, 3.8) is 0 Å². The molecule has 0 fully saturated rings. The van der Waals surface area contributed by atoms with Crippen molar-refractivity contribution >= 4 is 33.1 Å². The molecule has 0 saturated heterocycles. The molecule has 0 radical (unpaired) electrons. The van der Waals surface area contributed by atoms with E-state index in [1.54, 1.807) is 17.7 Å². The van der Waals surface area contributed by atoms with E-state index in [1.807, 2.05) is 18.2 Å². The van der Waals surface area contributed by atoms with Gasteiger partial charge in [0.15, 0.2) is 11.5 Å². The molecule has 1 aliphatic heterocycles. The summed E-state index contributed by atoms with van der Waals surface area (Å²) in [5, 5.41) is 6.59. The predicted molar refractivity (Wildman–Crippen MR) is 108 cm³/mol. The summed E-state index contributed by atoms with van der Waals surface area (Å²) in [5.41, 5.74) is 4.44. The fourth-order valence-corrected chi connectivity index (χ4v) is 4.09. The molecule has 2 aromatic carbocycles. The van der Waals surface area contributed by atoms with Gasteiger partial charge in [-0.05, 0) is 24.6 Å². The average Bonchev–Trinajstić information content (AvgIpc) is 3.14. The Bertz CT molecular complexity index is 1120. The zero-order chi connectivity index (χ0) is 18.2. The Morgan fingerprint density at radius 1 is 0.963 bits per heavy atom. The number of ether oxygens (including phenoxy) is 2. The van der Waals surface area contributed by atoms with Gasteiger partial charge in [-0.15, -0.1) is 11.3 Å². The van der Waals surface area contributed by atoms with Gasteiger partial charge in [-0.2, -0.15) is 0 Å². The summed E-state index contributed by atoms with van der Waals surface area (Å²) in [6.07, 6.45) is 1.60. The lowest BCUT2D eigenvalue weighted by Crippen LogP contribution is -2.15. The minimum Gasteiger partial charge on any atom is -0.486 e. The molecule has 0 saturated carbocycles. The van der Waals surface area contributed by atoms with Crippen molar-refractivity contribution in [3.8, 4) is 22.6 Å². The van der Waals surface area contributed by atoms with Crippen LogP contribution in [0.25, 0.3) is 21.3 Å². The van der Waals surface area contributed by atoms with E-state index in [2.05, 4.69) is 51.9 Å². The van der Waals surface area contributed by atoms with Gasteiger partial charge < -0.3 is 14.8 Å². The maximum Gasteiger partial charge on any atom is 0.163 e. The Labute approximate surface area is 160 Å². The average molecular weight is 375 g/mol. The first-order valence-electron chi connectivity index (χ1n) is 8.74. The van der Waals surface area contributed by atoms with E-state index in [-0.39, 0.29) is 0 Å². The summed E-state index contributed by atoms with van der Waals surface area (Å²) < 4.78 is 11.3.